The molecule has 0 saturated heterocycles. The molecule has 0 amide bonds. The van der Waals surface area contributed by atoms with E-state index in [2.05, 4.69) is 42.7 Å². The zero-order valence-corrected chi connectivity index (χ0v) is 13.6. The quantitative estimate of drug-likeness (QED) is 0.609. The Bertz CT molecular complexity index is 326. The predicted molar refractivity (Wildman–Crippen MR) is 85.4 cm³/mol. The average molecular weight is 277 g/mol. The molecule has 1 aliphatic carbocycles. The molecule has 0 N–H and O–H groups in total. The van der Waals surface area contributed by atoms with Crippen molar-refractivity contribution in [2.75, 3.05) is 26.2 Å². The molecular formula is C17H31N3. The molecule has 0 fully saturated rings. The highest BCUT2D eigenvalue weighted by molar-refractivity contribution is 5.07. The average Bonchev–Trinajstić information content (AvgIpc) is 2.98. The van der Waals surface area contributed by atoms with Gasteiger partial charge in [0.25, 0.3) is 0 Å². The maximum absolute atomic E-state index is 8.89. The highest BCUT2D eigenvalue weighted by Gasteiger charge is 2.21. The molecule has 3 heteroatoms. The second kappa shape index (κ2) is 9.83. The molecule has 0 aromatic carbocycles. The third-order valence-corrected chi connectivity index (χ3v) is 4.30. The topological polar surface area (TPSA) is 30.3 Å². The highest BCUT2D eigenvalue weighted by atomic mass is 15.2. The smallest absolute Gasteiger partial charge is 0.0640 e. The fraction of sp³-hybridized carbons (Fsp3) is 0.824. The Morgan fingerprint density at radius 1 is 1.30 bits per heavy atom. The van der Waals surface area contributed by atoms with E-state index in [1.165, 1.54) is 37.8 Å². The molecule has 0 aromatic rings. The monoisotopic (exact) mass is 277 g/mol. The molecule has 1 rings (SSSR count). The summed E-state index contributed by atoms with van der Waals surface area (Å²) in [6.45, 7) is 11.0. The van der Waals surface area contributed by atoms with Crippen LogP contribution in [0.2, 0.25) is 0 Å². The second-order valence-corrected chi connectivity index (χ2v) is 5.61. The zero-order chi connectivity index (χ0) is 14.8. The van der Waals surface area contributed by atoms with Crippen molar-refractivity contribution in [3.63, 3.8) is 0 Å². The summed E-state index contributed by atoms with van der Waals surface area (Å²) in [5, 5.41) is 8.89. The van der Waals surface area contributed by atoms with Crippen molar-refractivity contribution in [3.05, 3.63) is 11.8 Å². The van der Waals surface area contributed by atoms with Crippen LogP contribution in [0.4, 0.5) is 0 Å². The minimum absolute atomic E-state index is 0.621. The van der Waals surface area contributed by atoms with Crippen LogP contribution >= 0.6 is 0 Å². The lowest BCUT2D eigenvalue weighted by Crippen LogP contribution is -2.43. The normalized spacial score (nSPS) is 16.1. The Labute approximate surface area is 125 Å². The lowest BCUT2D eigenvalue weighted by molar-refractivity contribution is 0.158. The van der Waals surface area contributed by atoms with E-state index in [9.17, 15) is 0 Å². The first-order chi connectivity index (χ1) is 9.76. The maximum atomic E-state index is 8.89. The number of rotatable bonds is 10. The van der Waals surface area contributed by atoms with Crippen molar-refractivity contribution in [2.24, 2.45) is 0 Å². The third-order valence-electron chi connectivity index (χ3n) is 4.30. The molecule has 1 atom stereocenters. The number of hydrogen-bond donors (Lipinski definition) is 0. The van der Waals surface area contributed by atoms with Gasteiger partial charge in [-0.1, -0.05) is 33.3 Å². The molecule has 0 aromatic heterocycles. The van der Waals surface area contributed by atoms with Gasteiger partial charge in [-0.2, -0.15) is 5.26 Å². The van der Waals surface area contributed by atoms with Gasteiger partial charge in [-0.15, -0.1) is 0 Å². The lowest BCUT2D eigenvalue weighted by atomic mass is 10.1. The number of nitriles is 1. The fourth-order valence-electron chi connectivity index (χ4n) is 3.20. The van der Waals surface area contributed by atoms with Crippen LogP contribution in [0.5, 0.6) is 0 Å². The van der Waals surface area contributed by atoms with Crippen LogP contribution in [0, 0.1) is 11.3 Å². The molecule has 0 spiro atoms. The van der Waals surface area contributed by atoms with Crippen molar-refractivity contribution in [1.29, 1.82) is 5.26 Å². The molecular weight excluding hydrogens is 246 g/mol. The van der Waals surface area contributed by atoms with E-state index in [4.69, 9.17) is 5.26 Å². The fourth-order valence-corrected chi connectivity index (χ4v) is 3.20. The van der Waals surface area contributed by atoms with Gasteiger partial charge in [-0.05, 0) is 38.8 Å². The minimum Gasteiger partial charge on any atom is -0.372 e. The van der Waals surface area contributed by atoms with E-state index in [0.29, 0.717) is 12.5 Å². The molecule has 1 unspecified atom stereocenters. The van der Waals surface area contributed by atoms with Gasteiger partial charge in [0, 0.05) is 24.8 Å². The Morgan fingerprint density at radius 2 is 2.05 bits per heavy atom. The second-order valence-electron chi connectivity index (χ2n) is 5.61. The zero-order valence-electron chi connectivity index (χ0n) is 13.6. The van der Waals surface area contributed by atoms with Crippen LogP contribution in [0.15, 0.2) is 11.8 Å². The predicted octanol–water partition coefficient (Wildman–Crippen LogP) is 3.78. The van der Waals surface area contributed by atoms with Crippen molar-refractivity contribution in [3.8, 4) is 6.07 Å². The summed E-state index contributed by atoms with van der Waals surface area (Å²) in [6, 6.07) is 2.92. The molecule has 20 heavy (non-hydrogen) atoms. The number of nitrogens with zero attached hydrogens (tertiary/aromatic N) is 3. The van der Waals surface area contributed by atoms with Crippen LogP contribution in [0.1, 0.15) is 59.3 Å². The van der Waals surface area contributed by atoms with Gasteiger partial charge in [-0.25, -0.2) is 0 Å². The van der Waals surface area contributed by atoms with E-state index in [0.717, 1.165) is 26.2 Å². The van der Waals surface area contributed by atoms with Gasteiger partial charge in [0.05, 0.1) is 12.5 Å². The highest BCUT2D eigenvalue weighted by Crippen LogP contribution is 2.23. The summed E-state index contributed by atoms with van der Waals surface area (Å²) >= 11 is 0. The van der Waals surface area contributed by atoms with Gasteiger partial charge in [0.1, 0.15) is 0 Å². The standard InChI is InChI=1S/C17H31N3/c1-4-10-17(19(5-2)6-3)15-20(14-9-13-18)16-11-7-8-12-16/h11,17H,4-10,12,14-15H2,1-3H3. The molecule has 1 aliphatic rings. The van der Waals surface area contributed by atoms with Crippen molar-refractivity contribution in [1.82, 2.24) is 9.80 Å². The summed E-state index contributed by atoms with van der Waals surface area (Å²) in [4.78, 5) is 5.05. The van der Waals surface area contributed by atoms with Crippen LogP contribution < -0.4 is 0 Å². The largest absolute Gasteiger partial charge is 0.372 e. The van der Waals surface area contributed by atoms with E-state index in [-0.39, 0.29) is 0 Å². The van der Waals surface area contributed by atoms with E-state index >= 15 is 0 Å². The Balaban J connectivity index is 2.70. The van der Waals surface area contributed by atoms with Gasteiger partial charge >= 0.3 is 0 Å². The molecule has 114 valence electrons. The summed E-state index contributed by atoms with van der Waals surface area (Å²) in [5.41, 5.74) is 1.48. The van der Waals surface area contributed by atoms with Crippen LogP contribution in [0.25, 0.3) is 0 Å². The summed E-state index contributed by atoms with van der Waals surface area (Å²) in [5.74, 6) is 0. The van der Waals surface area contributed by atoms with E-state index in [1.807, 2.05) is 0 Å². The number of likely N-dealkylation sites (N-methyl/N-ethyl adjacent to an activating group) is 1. The molecule has 3 nitrogen and oxygen atoms in total. The van der Waals surface area contributed by atoms with Gasteiger partial charge in [0.2, 0.25) is 0 Å². The lowest BCUT2D eigenvalue weighted by Gasteiger charge is -2.36. The SMILES string of the molecule is CCCC(CN(CCC#N)C1=CCCC1)N(CC)CC. The minimum atomic E-state index is 0.621. The van der Waals surface area contributed by atoms with Crippen LogP contribution in [-0.4, -0.2) is 42.0 Å². The van der Waals surface area contributed by atoms with Crippen LogP contribution in [-0.2, 0) is 0 Å². The van der Waals surface area contributed by atoms with Crippen molar-refractivity contribution >= 4 is 0 Å². The molecule has 0 radical (unpaired) electrons. The van der Waals surface area contributed by atoms with Gasteiger partial charge in [-0.3, -0.25) is 4.90 Å². The van der Waals surface area contributed by atoms with Crippen molar-refractivity contribution < 1.29 is 0 Å². The Kier molecular flexibility index (Phi) is 8.37. The Hall–Kier alpha value is -1.01. The number of hydrogen-bond acceptors (Lipinski definition) is 3. The van der Waals surface area contributed by atoms with Crippen LogP contribution in [0.3, 0.4) is 0 Å². The summed E-state index contributed by atoms with van der Waals surface area (Å²) in [7, 11) is 0. The first-order valence-corrected chi connectivity index (χ1v) is 8.31. The molecule has 0 heterocycles. The first-order valence-electron chi connectivity index (χ1n) is 8.31. The Morgan fingerprint density at radius 3 is 2.55 bits per heavy atom. The van der Waals surface area contributed by atoms with Crippen molar-refractivity contribution in [2.45, 2.75) is 65.3 Å². The molecule has 0 aliphatic heterocycles. The summed E-state index contributed by atoms with van der Waals surface area (Å²) < 4.78 is 0. The molecule has 0 saturated carbocycles. The van der Waals surface area contributed by atoms with E-state index in [1.54, 1.807) is 0 Å². The number of allylic oxidation sites excluding steroid dienone is 2. The maximum Gasteiger partial charge on any atom is 0.0640 e. The first kappa shape index (κ1) is 17.0. The third kappa shape index (κ3) is 5.17. The summed E-state index contributed by atoms with van der Waals surface area (Å²) in [6.07, 6.45) is 9.17. The molecule has 0 bridgehead atoms. The van der Waals surface area contributed by atoms with Gasteiger partial charge < -0.3 is 4.90 Å². The van der Waals surface area contributed by atoms with E-state index < -0.39 is 0 Å². The van der Waals surface area contributed by atoms with Gasteiger partial charge in [0.15, 0.2) is 0 Å².